The van der Waals surface area contributed by atoms with Crippen molar-refractivity contribution in [2.24, 2.45) is 0 Å². The first-order chi connectivity index (χ1) is 6.07. The van der Waals surface area contributed by atoms with Gasteiger partial charge in [-0.05, 0) is 6.42 Å². The normalized spacial score (nSPS) is 11.2. The molecule has 1 aromatic rings. The van der Waals surface area contributed by atoms with Crippen LogP contribution in [0.1, 0.15) is 13.3 Å². The zero-order valence-electron chi connectivity index (χ0n) is 7.04. The Morgan fingerprint density at radius 2 is 2.54 bits per heavy atom. The molecule has 3 N–H and O–H groups in total. The smallest absolute Gasteiger partial charge is 0.316 e. The van der Waals surface area contributed by atoms with Crippen molar-refractivity contribution in [3.8, 4) is 0 Å². The summed E-state index contributed by atoms with van der Waals surface area (Å²) in [6, 6.07) is 0. The maximum atomic E-state index is 9.85. The third kappa shape index (κ3) is 6.35. The molecule has 0 fully saturated rings. The number of aliphatic carboxylic acids is 1. The second-order valence-corrected chi connectivity index (χ2v) is 3.53. The number of carbonyl (C=O) groups is 1. The van der Waals surface area contributed by atoms with Gasteiger partial charge in [-0.1, -0.05) is 18.3 Å². The largest absolute Gasteiger partial charge is 0.480 e. The molecule has 1 heterocycles. The third-order valence-electron chi connectivity index (χ3n) is 1.05. The average Bonchev–Trinajstić information content (AvgIpc) is 2.55. The Hall–Kier alpha value is -0.820. The monoisotopic (exact) mass is 221 g/mol. The summed E-state index contributed by atoms with van der Waals surface area (Å²) in [6.07, 6.45) is 0.582. The van der Waals surface area contributed by atoms with Gasteiger partial charge in [0, 0.05) is 0 Å². The van der Waals surface area contributed by atoms with Gasteiger partial charge in [0.05, 0.1) is 5.25 Å². The maximum absolute atomic E-state index is 9.85. The van der Waals surface area contributed by atoms with Crippen LogP contribution in [0.2, 0.25) is 0 Å². The zero-order valence-corrected chi connectivity index (χ0v) is 8.76. The van der Waals surface area contributed by atoms with Crippen LogP contribution in [0.25, 0.3) is 0 Å². The van der Waals surface area contributed by atoms with Crippen LogP contribution >= 0.6 is 24.0 Å². The second kappa shape index (κ2) is 6.67. The van der Waals surface area contributed by atoms with E-state index in [4.69, 9.17) is 10.8 Å². The molecule has 7 heteroatoms. The lowest BCUT2D eigenvalue weighted by Crippen LogP contribution is -2.10. The summed E-state index contributed by atoms with van der Waals surface area (Å²) in [6.45, 7) is 1.78. The molecule has 74 valence electrons. The molecule has 0 amide bonds. The van der Waals surface area contributed by atoms with Crippen molar-refractivity contribution in [2.75, 3.05) is 5.73 Å². The molecule has 0 aromatic carbocycles. The molecule has 1 unspecified atom stereocenters. The topological polar surface area (TPSA) is 89.1 Å². The molecule has 0 bridgehead atoms. The van der Waals surface area contributed by atoms with Crippen molar-refractivity contribution in [1.29, 1.82) is 0 Å². The Bertz CT molecular complexity index is 240. The van der Waals surface area contributed by atoms with E-state index in [0.29, 0.717) is 11.6 Å². The quantitative estimate of drug-likeness (QED) is 0.646. The third-order valence-corrected chi connectivity index (χ3v) is 2.16. The molecule has 13 heavy (non-hydrogen) atoms. The van der Waals surface area contributed by atoms with Crippen molar-refractivity contribution in [3.05, 3.63) is 5.51 Å². The van der Waals surface area contributed by atoms with E-state index in [1.807, 2.05) is 0 Å². The van der Waals surface area contributed by atoms with Gasteiger partial charge in [0.25, 0.3) is 0 Å². The van der Waals surface area contributed by atoms with E-state index < -0.39 is 11.2 Å². The van der Waals surface area contributed by atoms with E-state index in [-0.39, 0.29) is 0 Å². The molecular weight excluding hydrogens is 210 g/mol. The number of hydrogen-bond acceptors (Lipinski definition) is 6. The van der Waals surface area contributed by atoms with Crippen LogP contribution in [-0.2, 0) is 4.79 Å². The Labute approximate surface area is 85.4 Å². The highest BCUT2D eigenvalue weighted by molar-refractivity contribution is 7.81. The van der Waals surface area contributed by atoms with Crippen LogP contribution < -0.4 is 5.73 Å². The van der Waals surface area contributed by atoms with Gasteiger partial charge < -0.3 is 10.8 Å². The number of carboxylic acid groups (broad SMARTS) is 1. The first-order valence-electron chi connectivity index (χ1n) is 3.50. The average molecular weight is 221 g/mol. The fraction of sp³-hybridized carbons (Fsp3) is 0.500. The summed E-state index contributed by atoms with van der Waals surface area (Å²) in [5.74, 6) is -0.842. The molecule has 0 aliphatic rings. The molecule has 0 radical (unpaired) electrons. The number of nitrogens with two attached hydrogens (primary N) is 1. The molecular formula is C6H11N3O2S2. The van der Waals surface area contributed by atoms with Crippen LogP contribution in [0, 0.1) is 0 Å². The highest BCUT2D eigenvalue weighted by Crippen LogP contribution is 1.99. The van der Waals surface area contributed by atoms with Crippen LogP contribution in [-0.4, -0.2) is 26.5 Å². The standard InChI is InChI=1S/C4H8O2S.C2H3N3S/c1-2-3(7)4(5)6;3-2-5-4-1-6-2/h3,7H,2H2,1H3,(H,5,6);1H,(H2,3,5). The van der Waals surface area contributed by atoms with Crippen molar-refractivity contribution >= 4 is 35.1 Å². The summed E-state index contributed by atoms with van der Waals surface area (Å²) in [5, 5.41) is 15.1. The van der Waals surface area contributed by atoms with Gasteiger partial charge in [-0.25, -0.2) is 0 Å². The summed E-state index contributed by atoms with van der Waals surface area (Å²) >= 11 is 5.06. The van der Waals surface area contributed by atoms with Crippen LogP contribution in [0.4, 0.5) is 5.13 Å². The highest BCUT2D eigenvalue weighted by atomic mass is 32.1. The highest BCUT2D eigenvalue weighted by Gasteiger charge is 2.06. The minimum absolute atomic E-state index is 0.486. The van der Waals surface area contributed by atoms with E-state index in [1.54, 1.807) is 12.4 Å². The number of aromatic nitrogens is 2. The van der Waals surface area contributed by atoms with E-state index in [9.17, 15) is 4.79 Å². The minimum Gasteiger partial charge on any atom is -0.480 e. The van der Waals surface area contributed by atoms with Crippen LogP contribution in [0.15, 0.2) is 5.51 Å². The van der Waals surface area contributed by atoms with Crippen molar-refractivity contribution < 1.29 is 9.90 Å². The lowest BCUT2D eigenvalue weighted by molar-refractivity contribution is -0.136. The number of rotatable bonds is 2. The number of carboxylic acids is 1. The number of thiol groups is 1. The summed E-state index contributed by atoms with van der Waals surface area (Å²) in [4.78, 5) is 9.85. The Kier molecular flexibility index (Phi) is 6.25. The molecule has 1 aromatic heterocycles. The molecule has 0 aliphatic carbocycles. The number of hydrogen-bond donors (Lipinski definition) is 3. The van der Waals surface area contributed by atoms with Gasteiger partial charge in [-0.15, -0.1) is 10.2 Å². The molecule has 1 atom stereocenters. The van der Waals surface area contributed by atoms with E-state index in [0.717, 1.165) is 0 Å². The van der Waals surface area contributed by atoms with E-state index in [2.05, 4.69) is 22.8 Å². The fourth-order valence-electron chi connectivity index (χ4n) is 0.356. The van der Waals surface area contributed by atoms with Gasteiger partial charge in [0.15, 0.2) is 0 Å². The number of anilines is 1. The van der Waals surface area contributed by atoms with Gasteiger partial charge in [0.1, 0.15) is 5.51 Å². The Morgan fingerprint density at radius 3 is 2.62 bits per heavy atom. The predicted octanol–water partition coefficient (Wildman–Crippen LogP) is 0.900. The van der Waals surface area contributed by atoms with Gasteiger partial charge in [0.2, 0.25) is 5.13 Å². The van der Waals surface area contributed by atoms with Crippen molar-refractivity contribution in [2.45, 2.75) is 18.6 Å². The lowest BCUT2D eigenvalue weighted by Gasteiger charge is -1.95. The number of nitrogens with zero attached hydrogens (tertiary/aromatic N) is 2. The number of nitrogen functional groups attached to an aromatic ring is 1. The molecule has 1 rings (SSSR count). The summed E-state index contributed by atoms with van der Waals surface area (Å²) in [5.41, 5.74) is 6.72. The zero-order chi connectivity index (χ0) is 10.3. The first-order valence-corrected chi connectivity index (χ1v) is 4.90. The maximum Gasteiger partial charge on any atom is 0.316 e. The molecule has 5 nitrogen and oxygen atoms in total. The molecule has 0 saturated heterocycles. The van der Waals surface area contributed by atoms with Crippen LogP contribution in [0.5, 0.6) is 0 Å². The van der Waals surface area contributed by atoms with Crippen molar-refractivity contribution in [1.82, 2.24) is 10.2 Å². The minimum atomic E-state index is -0.842. The predicted molar refractivity (Wildman–Crippen MR) is 55.0 cm³/mol. The van der Waals surface area contributed by atoms with E-state index >= 15 is 0 Å². The lowest BCUT2D eigenvalue weighted by atomic mass is 10.3. The van der Waals surface area contributed by atoms with Crippen molar-refractivity contribution in [3.63, 3.8) is 0 Å². The summed E-state index contributed by atoms with van der Waals surface area (Å²) < 4.78 is 0. The first kappa shape index (κ1) is 12.2. The second-order valence-electron chi connectivity index (χ2n) is 2.04. The van der Waals surface area contributed by atoms with Gasteiger partial charge in [-0.2, -0.15) is 12.6 Å². The molecule has 0 spiro atoms. The molecule has 0 saturated carbocycles. The Morgan fingerprint density at radius 1 is 1.92 bits per heavy atom. The SMILES string of the molecule is CCC(S)C(=O)O.Nc1nncs1. The van der Waals surface area contributed by atoms with Gasteiger partial charge >= 0.3 is 5.97 Å². The fourth-order valence-corrected chi connectivity index (χ4v) is 0.653. The summed E-state index contributed by atoms with van der Waals surface area (Å²) in [7, 11) is 0. The molecule has 0 aliphatic heterocycles. The Balaban J connectivity index is 0.000000223. The van der Waals surface area contributed by atoms with Gasteiger partial charge in [-0.3, -0.25) is 4.79 Å². The van der Waals surface area contributed by atoms with E-state index in [1.165, 1.54) is 11.3 Å². The van der Waals surface area contributed by atoms with Crippen LogP contribution in [0.3, 0.4) is 0 Å².